The number of nitrogens with one attached hydrogen (secondary N) is 2. The molecule has 0 spiro atoms. The Hall–Kier alpha value is -1.71. The van der Waals surface area contributed by atoms with Crippen molar-refractivity contribution < 1.29 is 4.79 Å². The van der Waals surface area contributed by atoms with Gasteiger partial charge in [0.05, 0.1) is 6.54 Å². The highest BCUT2D eigenvalue weighted by molar-refractivity contribution is 6.30. The first-order chi connectivity index (χ1) is 10.5. The Kier molecular flexibility index (Phi) is 6.10. The molecule has 22 heavy (non-hydrogen) atoms. The van der Waals surface area contributed by atoms with E-state index in [0.717, 1.165) is 28.3 Å². The fraction of sp³-hybridized carbons (Fsp3) is 0.235. The molecular formula is C17H18Cl2N2O. The van der Waals surface area contributed by atoms with E-state index in [9.17, 15) is 4.79 Å². The SMILES string of the molecule is Cc1cc(Cl)ccc1NCC(=O)NCCc1ccc(Cl)cc1. The van der Waals surface area contributed by atoms with E-state index in [1.54, 1.807) is 6.07 Å². The van der Waals surface area contributed by atoms with Crippen molar-refractivity contribution in [2.24, 2.45) is 0 Å². The fourth-order valence-corrected chi connectivity index (χ4v) is 2.41. The second-order valence-corrected chi connectivity index (χ2v) is 5.91. The van der Waals surface area contributed by atoms with E-state index >= 15 is 0 Å². The molecule has 5 heteroatoms. The summed E-state index contributed by atoms with van der Waals surface area (Å²) in [6.45, 7) is 2.79. The van der Waals surface area contributed by atoms with Crippen LogP contribution in [0, 0.1) is 6.92 Å². The van der Waals surface area contributed by atoms with Crippen LogP contribution in [0.4, 0.5) is 5.69 Å². The summed E-state index contributed by atoms with van der Waals surface area (Å²) in [4.78, 5) is 11.8. The highest BCUT2D eigenvalue weighted by Crippen LogP contribution is 2.19. The zero-order chi connectivity index (χ0) is 15.9. The summed E-state index contributed by atoms with van der Waals surface area (Å²) in [5.41, 5.74) is 3.07. The van der Waals surface area contributed by atoms with Gasteiger partial charge in [0, 0.05) is 22.3 Å². The summed E-state index contributed by atoms with van der Waals surface area (Å²) in [6, 6.07) is 13.2. The summed E-state index contributed by atoms with van der Waals surface area (Å²) in [7, 11) is 0. The molecule has 0 bridgehead atoms. The molecule has 0 atom stereocenters. The van der Waals surface area contributed by atoms with E-state index in [4.69, 9.17) is 23.2 Å². The van der Waals surface area contributed by atoms with Crippen molar-refractivity contribution in [3.8, 4) is 0 Å². The first kappa shape index (κ1) is 16.7. The first-order valence-corrected chi connectivity index (χ1v) is 7.81. The largest absolute Gasteiger partial charge is 0.376 e. The van der Waals surface area contributed by atoms with Gasteiger partial charge in [0.2, 0.25) is 5.91 Å². The molecule has 2 rings (SSSR count). The fourth-order valence-electron chi connectivity index (χ4n) is 2.06. The minimum absolute atomic E-state index is 0.0386. The van der Waals surface area contributed by atoms with Crippen LogP contribution in [0.1, 0.15) is 11.1 Å². The van der Waals surface area contributed by atoms with E-state index in [0.29, 0.717) is 11.6 Å². The first-order valence-electron chi connectivity index (χ1n) is 7.06. The molecule has 3 nitrogen and oxygen atoms in total. The Morgan fingerprint density at radius 1 is 1.05 bits per heavy atom. The van der Waals surface area contributed by atoms with Crippen LogP contribution >= 0.6 is 23.2 Å². The van der Waals surface area contributed by atoms with Gasteiger partial charge in [-0.05, 0) is 54.8 Å². The summed E-state index contributed by atoms with van der Waals surface area (Å²) in [6.07, 6.45) is 0.781. The molecule has 1 amide bonds. The van der Waals surface area contributed by atoms with Crippen LogP contribution < -0.4 is 10.6 Å². The molecule has 0 aliphatic rings. The quantitative estimate of drug-likeness (QED) is 0.834. The van der Waals surface area contributed by atoms with Gasteiger partial charge in [-0.2, -0.15) is 0 Å². The highest BCUT2D eigenvalue weighted by Gasteiger charge is 2.03. The number of aryl methyl sites for hydroxylation is 1. The Balaban J connectivity index is 1.72. The van der Waals surface area contributed by atoms with Crippen LogP contribution in [0.25, 0.3) is 0 Å². The Bertz CT molecular complexity index is 642. The molecule has 0 unspecified atom stereocenters. The lowest BCUT2D eigenvalue weighted by Gasteiger charge is -2.10. The highest BCUT2D eigenvalue weighted by atomic mass is 35.5. The topological polar surface area (TPSA) is 41.1 Å². The van der Waals surface area contributed by atoms with Crippen LogP contribution in [0.5, 0.6) is 0 Å². The molecule has 0 heterocycles. The molecule has 0 aliphatic carbocycles. The van der Waals surface area contributed by atoms with Gasteiger partial charge in [0.1, 0.15) is 0 Å². The zero-order valence-corrected chi connectivity index (χ0v) is 13.8. The zero-order valence-electron chi connectivity index (χ0n) is 12.3. The molecule has 2 aromatic rings. The van der Waals surface area contributed by atoms with Crippen molar-refractivity contribution in [1.82, 2.24) is 5.32 Å². The van der Waals surface area contributed by atoms with Crippen molar-refractivity contribution in [3.05, 3.63) is 63.6 Å². The van der Waals surface area contributed by atoms with Crippen molar-refractivity contribution in [2.75, 3.05) is 18.4 Å². The monoisotopic (exact) mass is 336 g/mol. The minimum atomic E-state index is -0.0386. The predicted octanol–water partition coefficient (Wildman–Crippen LogP) is 4.07. The van der Waals surface area contributed by atoms with E-state index in [2.05, 4.69) is 10.6 Å². The lowest BCUT2D eigenvalue weighted by atomic mass is 10.1. The van der Waals surface area contributed by atoms with Gasteiger partial charge in [-0.15, -0.1) is 0 Å². The maximum atomic E-state index is 11.8. The van der Waals surface area contributed by atoms with Gasteiger partial charge in [0.25, 0.3) is 0 Å². The smallest absolute Gasteiger partial charge is 0.239 e. The third-order valence-corrected chi connectivity index (χ3v) is 3.76. The normalized spacial score (nSPS) is 10.3. The average Bonchev–Trinajstić information content (AvgIpc) is 2.48. The summed E-state index contributed by atoms with van der Waals surface area (Å²) < 4.78 is 0. The van der Waals surface area contributed by atoms with Crippen LogP contribution in [0.2, 0.25) is 10.0 Å². The van der Waals surface area contributed by atoms with Crippen LogP contribution in [-0.4, -0.2) is 19.0 Å². The van der Waals surface area contributed by atoms with Crippen LogP contribution in [0.15, 0.2) is 42.5 Å². The second-order valence-electron chi connectivity index (χ2n) is 5.04. The van der Waals surface area contributed by atoms with Crippen molar-refractivity contribution in [3.63, 3.8) is 0 Å². The van der Waals surface area contributed by atoms with Crippen molar-refractivity contribution >= 4 is 34.8 Å². The average molecular weight is 337 g/mol. The number of hydrogen-bond acceptors (Lipinski definition) is 2. The van der Waals surface area contributed by atoms with E-state index in [1.165, 1.54) is 0 Å². The van der Waals surface area contributed by atoms with Gasteiger partial charge in [0.15, 0.2) is 0 Å². The molecule has 116 valence electrons. The van der Waals surface area contributed by atoms with Crippen LogP contribution in [-0.2, 0) is 11.2 Å². The number of anilines is 1. The van der Waals surface area contributed by atoms with Gasteiger partial charge in [-0.1, -0.05) is 35.3 Å². The Morgan fingerprint density at radius 3 is 2.41 bits per heavy atom. The number of rotatable bonds is 6. The van der Waals surface area contributed by atoms with Crippen LogP contribution in [0.3, 0.4) is 0 Å². The molecule has 0 aliphatic heterocycles. The number of carbonyl (C=O) groups excluding carboxylic acids is 1. The molecule has 0 fully saturated rings. The molecule has 0 saturated heterocycles. The molecule has 2 N–H and O–H groups in total. The molecule has 2 aromatic carbocycles. The summed E-state index contributed by atoms with van der Waals surface area (Å²) >= 11 is 11.7. The molecule has 0 saturated carbocycles. The van der Waals surface area contributed by atoms with Crippen molar-refractivity contribution in [1.29, 1.82) is 0 Å². The third kappa shape index (κ3) is 5.24. The lowest BCUT2D eigenvalue weighted by Crippen LogP contribution is -2.31. The molecule has 0 aromatic heterocycles. The minimum Gasteiger partial charge on any atom is -0.376 e. The lowest BCUT2D eigenvalue weighted by molar-refractivity contribution is -0.119. The summed E-state index contributed by atoms with van der Waals surface area (Å²) in [5.74, 6) is -0.0386. The maximum absolute atomic E-state index is 11.8. The van der Waals surface area contributed by atoms with Gasteiger partial charge >= 0.3 is 0 Å². The van der Waals surface area contributed by atoms with Gasteiger partial charge in [-0.3, -0.25) is 4.79 Å². The van der Waals surface area contributed by atoms with E-state index < -0.39 is 0 Å². The number of amides is 1. The third-order valence-electron chi connectivity index (χ3n) is 3.28. The Labute approximate surface area is 140 Å². The maximum Gasteiger partial charge on any atom is 0.239 e. The summed E-state index contributed by atoms with van der Waals surface area (Å²) in [5, 5.41) is 7.40. The number of benzene rings is 2. The molecular weight excluding hydrogens is 319 g/mol. The Morgan fingerprint density at radius 2 is 1.73 bits per heavy atom. The number of hydrogen-bond donors (Lipinski definition) is 2. The standard InChI is InChI=1S/C17H18Cl2N2O/c1-12-10-15(19)6-7-16(12)21-11-17(22)20-9-8-13-2-4-14(18)5-3-13/h2-7,10,21H,8-9,11H2,1H3,(H,20,22). The number of carbonyl (C=O) groups is 1. The van der Waals surface area contributed by atoms with Crippen molar-refractivity contribution in [2.45, 2.75) is 13.3 Å². The van der Waals surface area contributed by atoms with E-state index in [-0.39, 0.29) is 12.5 Å². The van der Waals surface area contributed by atoms with E-state index in [1.807, 2.05) is 43.3 Å². The van der Waals surface area contributed by atoms with Gasteiger partial charge < -0.3 is 10.6 Å². The number of halogens is 2. The second kappa shape index (κ2) is 8.06. The predicted molar refractivity (Wildman–Crippen MR) is 92.8 cm³/mol. The van der Waals surface area contributed by atoms with Gasteiger partial charge in [-0.25, -0.2) is 0 Å². The molecule has 0 radical (unpaired) electrons.